The summed E-state index contributed by atoms with van der Waals surface area (Å²) in [6.45, 7) is 1.64. The van der Waals surface area contributed by atoms with Gasteiger partial charge < -0.3 is 5.32 Å². The van der Waals surface area contributed by atoms with Gasteiger partial charge in [-0.2, -0.15) is 0 Å². The number of hydrogen-bond donors (Lipinski definition) is 2. The van der Waals surface area contributed by atoms with Crippen molar-refractivity contribution in [1.82, 2.24) is 15.0 Å². The zero-order valence-corrected chi connectivity index (χ0v) is 12.8. The number of nitrogens with one attached hydrogen (secondary N) is 2. The van der Waals surface area contributed by atoms with Gasteiger partial charge in [-0.3, -0.25) is 4.98 Å². The number of aromatic nitrogens is 1. The van der Waals surface area contributed by atoms with Crippen LogP contribution in [0.5, 0.6) is 0 Å². The molecule has 0 aromatic carbocycles. The molecule has 2 heterocycles. The van der Waals surface area contributed by atoms with Crippen molar-refractivity contribution in [3.63, 3.8) is 0 Å². The molecule has 8 heteroatoms. The van der Waals surface area contributed by atoms with E-state index in [0.29, 0.717) is 11.0 Å². The predicted octanol–water partition coefficient (Wildman–Crippen LogP) is 1.30. The molecule has 0 aliphatic carbocycles. The largest absolute Gasteiger partial charge is 0.315 e. The summed E-state index contributed by atoms with van der Waals surface area (Å²) in [5.74, 6) is 0. The SMILES string of the molecule is Cl.O=S(=O)(N[C@@H]1CCCNC1)c1cncc(Br)c1. The number of sulfonamides is 1. The minimum atomic E-state index is -3.46. The van der Waals surface area contributed by atoms with Gasteiger partial charge in [0.05, 0.1) is 0 Å². The Morgan fingerprint density at radius 3 is 2.83 bits per heavy atom. The predicted molar refractivity (Wildman–Crippen MR) is 75.4 cm³/mol. The highest BCUT2D eigenvalue weighted by molar-refractivity contribution is 9.10. The number of rotatable bonds is 3. The third-order valence-corrected chi connectivity index (χ3v) is 4.53. The molecule has 1 fully saturated rings. The van der Waals surface area contributed by atoms with E-state index in [1.165, 1.54) is 6.20 Å². The Morgan fingerprint density at radius 1 is 1.44 bits per heavy atom. The second-order valence-electron chi connectivity index (χ2n) is 4.00. The smallest absolute Gasteiger partial charge is 0.242 e. The molecule has 1 saturated heterocycles. The van der Waals surface area contributed by atoms with E-state index in [2.05, 4.69) is 31.0 Å². The summed E-state index contributed by atoms with van der Waals surface area (Å²) in [6, 6.07) is 1.51. The Balaban J connectivity index is 0.00000162. The van der Waals surface area contributed by atoms with Gasteiger partial charge in [0.15, 0.2) is 0 Å². The summed E-state index contributed by atoms with van der Waals surface area (Å²) >= 11 is 3.21. The maximum Gasteiger partial charge on any atom is 0.242 e. The average molecular weight is 357 g/mol. The van der Waals surface area contributed by atoms with Crippen molar-refractivity contribution in [2.45, 2.75) is 23.8 Å². The Labute approximate surface area is 121 Å². The Bertz CT molecular complexity index is 492. The Kier molecular flexibility index (Phi) is 6.00. The van der Waals surface area contributed by atoms with E-state index in [4.69, 9.17) is 0 Å². The monoisotopic (exact) mass is 355 g/mol. The van der Waals surface area contributed by atoms with Crippen molar-refractivity contribution in [2.24, 2.45) is 0 Å². The summed E-state index contributed by atoms with van der Waals surface area (Å²) in [4.78, 5) is 4.05. The molecule has 2 rings (SSSR count). The fraction of sp³-hybridized carbons (Fsp3) is 0.500. The first-order valence-corrected chi connectivity index (χ1v) is 7.69. The van der Waals surface area contributed by atoms with Gasteiger partial charge in [-0.25, -0.2) is 13.1 Å². The summed E-state index contributed by atoms with van der Waals surface area (Å²) in [7, 11) is -3.46. The van der Waals surface area contributed by atoms with E-state index in [9.17, 15) is 8.42 Å². The summed E-state index contributed by atoms with van der Waals surface area (Å²) in [5, 5.41) is 3.17. The van der Waals surface area contributed by atoms with Gasteiger partial charge in [-0.05, 0) is 41.4 Å². The van der Waals surface area contributed by atoms with Gasteiger partial charge in [0, 0.05) is 29.5 Å². The van der Waals surface area contributed by atoms with Gasteiger partial charge >= 0.3 is 0 Å². The van der Waals surface area contributed by atoms with Crippen molar-refractivity contribution in [3.05, 3.63) is 22.9 Å². The molecular formula is C10H15BrClN3O2S. The van der Waals surface area contributed by atoms with E-state index >= 15 is 0 Å². The lowest BCUT2D eigenvalue weighted by molar-refractivity contribution is 0.428. The van der Waals surface area contributed by atoms with Crippen molar-refractivity contribution < 1.29 is 8.42 Å². The van der Waals surface area contributed by atoms with E-state index in [0.717, 1.165) is 19.4 Å². The second-order valence-corrected chi connectivity index (χ2v) is 6.63. The molecule has 0 spiro atoms. The first-order valence-electron chi connectivity index (χ1n) is 5.41. The lowest BCUT2D eigenvalue weighted by Gasteiger charge is -2.23. The minimum Gasteiger partial charge on any atom is -0.315 e. The third kappa shape index (κ3) is 4.17. The van der Waals surface area contributed by atoms with Gasteiger partial charge in [0.2, 0.25) is 10.0 Å². The topological polar surface area (TPSA) is 71.1 Å². The highest BCUT2D eigenvalue weighted by Gasteiger charge is 2.21. The fourth-order valence-electron chi connectivity index (χ4n) is 1.78. The van der Waals surface area contributed by atoms with Crippen LogP contribution in [-0.4, -0.2) is 32.5 Å². The first kappa shape index (κ1) is 15.8. The van der Waals surface area contributed by atoms with Crippen molar-refractivity contribution in [2.75, 3.05) is 13.1 Å². The molecule has 5 nitrogen and oxygen atoms in total. The first-order chi connectivity index (χ1) is 8.08. The standard InChI is InChI=1S/C10H14BrN3O2S.ClH/c11-8-4-10(7-13-5-8)17(15,16)14-9-2-1-3-12-6-9;/h4-5,7,9,12,14H,1-3,6H2;1H/t9-;/m1./s1. The molecule has 0 radical (unpaired) electrons. The number of pyridine rings is 1. The number of hydrogen-bond acceptors (Lipinski definition) is 4. The molecule has 1 aromatic rings. The van der Waals surface area contributed by atoms with Crippen LogP contribution in [0.3, 0.4) is 0 Å². The normalized spacial score (nSPS) is 20.2. The molecule has 1 atom stereocenters. The fourth-order valence-corrected chi connectivity index (χ4v) is 3.55. The average Bonchev–Trinajstić information content (AvgIpc) is 2.30. The van der Waals surface area contributed by atoms with Crippen molar-refractivity contribution in [1.29, 1.82) is 0 Å². The van der Waals surface area contributed by atoms with Crippen LogP contribution in [0.25, 0.3) is 0 Å². The van der Waals surface area contributed by atoms with Crippen LogP contribution in [0.15, 0.2) is 27.8 Å². The van der Waals surface area contributed by atoms with Crippen LogP contribution in [0.4, 0.5) is 0 Å². The highest BCUT2D eigenvalue weighted by Crippen LogP contribution is 2.15. The lowest BCUT2D eigenvalue weighted by Crippen LogP contribution is -2.45. The van der Waals surface area contributed by atoms with Gasteiger partial charge in [-0.15, -0.1) is 12.4 Å². The zero-order chi connectivity index (χ0) is 12.3. The second kappa shape index (κ2) is 6.81. The van der Waals surface area contributed by atoms with Crippen LogP contribution >= 0.6 is 28.3 Å². The summed E-state index contributed by atoms with van der Waals surface area (Å²) in [5.41, 5.74) is 0. The lowest BCUT2D eigenvalue weighted by atomic mass is 10.1. The van der Waals surface area contributed by atoms with Gasteiger partial charge in [0.25, 0.3) is 0 Å². The molecule has 0 amide bonds. The molecule has 0 bridgehead atoms. The number of piperidine rings is 1. The van der Waals surface area contributed by atoms with Crippen LogP contribution in [0.2, 0.25) is 0 Å². The highest BCUT2D eigenvalue weighted by atomic mass is 79.9. The zero-order valence-electron chi connectivity index (χ0n) is 9.60. The van der Waals surface area contributed by atoms with Crippen LogP contribution < -0.4 is 10.0 Å². The molecule has 0 saturated carbocycles. The van der Waals surface area contributed by atoms with Crippen molar-refractivity contribution >= 4 is 38.4 Å². The van der Waals surface area contributed by atoms with E-state index in [-0.39, 0.29) is 23.3 Å². The number of halogens is 2. The molecular weight excluding hydrogens is 342 g/mol. The molecule has 18 heavy (non-hydrogen) atoms. The summed E-state index contributed by atoms with van der Waals surface area (Å²) in [6.07, 6.45) is 4.77. The van der Waals surface area contributed by atoms with E-state index in [1.807, 2.05) is 0 Å². The van der Waals surface area contributed by atoms with Gasteiger partial charge in [0.1, 0.15) is 4.90 Å². The van der Waals surface area contributed by atoms with Crippen molar-refractivity contribution in [3.8, 4) is 0 Å². The van der Waals surface area contributed by atoms with Crippen LogP contribution in [0, 0.1) is 0 Å². The molecule has 2 N–H and O–H groups in total. The van der Waals surface area contributed by atoms with E-state index < -0.39 is 10.0 Å². The maximum atomic E-state index is 12.1. The molecule has 0 unspecified atom stereocenters. The maximum absolute atomic E-state index is 12.1. The third-order valence-electron chi connectivity index (χ3n) is 2.61. The van der Waals surface area contributed by atoms with E-state index in [1.54, 1.807) is 12.3 Å². The molecule has 1 aliphatic heterocycles. The number of nitrogens with zero attached hydrogens (tertiary/aromatic N) is 1. The molecule has 1 aliphatic rings. The molecule has 1 aromatic heterocycles. The Morgan fingerprint density at radius 2 is 2.22 bits per heavy atom. The van der Waals surface area contributed by atoms with Crippen LogP contribution in [-0.2, 0) is 10.0 Å². The summed E-state index contributed by atoms with van der Waals surface area (Å²) < 4.78 is 27.4. The molecule has 102 valence electrons. The quantitative estimate of drug-likeness (QED) is 0.856. The van der Waals surface area contributed by atoms with Crippen LogP contribution in [0.1, 0.15) is 12.8 Å². The van der Waals surface area contributed by atoms with Gasteiger partial charge in [-0.1, -0.05) is 0 Å². The Hall–Kier alpha value is -0.210. The minimum absolute atomic E-state index is 0.